The quantitative estimate of drug-likeness (QED) is 0.831. The van der Waals surface area contributed by atoms with Gasteiger partial charge < -0.3 is 10.1 Å². The Morgan fingerprint density at radius 2 is 2.05 bits per heavy atom. The summed E-state index contributed by atoms with van der Waals surface area (Å²) in [4.78, 5) is 0.379. The third-order valence-electron chi connectivity index (χ3n) is 3.97. The molecule has 0 amide bonds. The molecule has 2 N–H and O–H groups in total. The highest BCUT2D eigenvalue weighted by molar-refractivity contribution is 7.89. The van der Waals surface area contributed by atoms with Crippen LogP contribution in [0.3, 0.4) is 0 Å². The van der Waals surface area contributed by atoms with Crippen LogP contribution in [0.2, 0.25) is 0 Å². The molecule has 0 bridgehead atoms. The average molecular weight is 310 g/mol. The van der Waals surface area contributed by atoms with Gasteiger partial charge in [-0.2, -0.15) is 0 Å². The summed E-state index contributed by atoms with van der Waals surface area (Å²) in [5.74, 6) is 0. The fraction of sp³-hybridized carbons (Fsp3) is 0.600. The van der Waals surface area contributed by atoms with Crippen molar-refractivity contribution >= 4 is 10.0 Å². The number of hydrogen-bond acceptors (Lipinski definition) is 4. The molecule has 1 aliphatic carbocycles. The van der Waals surface area contributed by atoms with E-state index >= 15 is 0 Å². The molecule has 2 aliphatic rings. The maximum Gasteiger partial charge on any atom is 0.241 e. The molecule has 6 heteroatoms. The van der Waals surface area contributed by atoms with Crippen LogP contribution in [-0.4, -0.2) is 33.7 Å². The van der Waals surface area contributed by atoms with Crippen molar-refractivity contribution in [1.29, 1.82) is 0 Å². The van der Waals surface area contributed by atoms with Gasteiger partial charge in [-0.15, -0.1) is 0 Å². The SMILES string of the molecule is Cc1ccc(CNC2CC2)cc1S(=O)(=O)NC1CCOC1. The highest BCUT2D eigenvalue weighted by Crippen LogP contribution is 2.21. The van der Waals surface area contributed by atoms with Gasteiger partial charge in [-0.3, -0.25) is 0 Å². The van der Waals surface area contributed by atoms with E-state index in [0.29, 0.717) is 24.2 Å². The van der Waals surface area contributed by atoms with E-state index in [2.05, 4.69) is 10.0 Å². The maximum atomic E-state index is 12.5. The Balaban J connectivity index is 1.76. The Morgan fingerprint density at radius 3 is 2.71 bits per heavy atom. The van der Waals surface area contributed by atoms with E-state index in [1.54, 1.807) is 6.07 Å². The minimum absolute atomic E-state index is 0.109. The largest absolute Gasteiger partial charge is 0.380 e. The molecular formula is C15H22N2O3S. The molecule has 1 saturated heterocycles. The fourth-order valence-electron chi connectivity index (χ4n) is 2.50. The van der Waals surface area contributed by atoms with Crippen LogP contribution in [0.15, 0.2) is 23.1 Å². The molecule has 1 saturated carbocycles. The number of rotatable bonds is 6. The molecule has 21 heavy (non-hydrogen) atoms. The van der Waals surface area contributed by atoms with Gasteiger partial charge >= 0.3 is 0 Å². The van der Waals surface area contributed by atoms with Gasteiger partial charge in [0, 0.05) is 25.2 Å². The Labute approximate surface area is 126 Å². The first kappa shape index (κ1) is 15.0. The minimum Gasteiger partial charge on any atom is -0.380 e. The first-order chi connectivity index (χ1) is 10.0. The van der Waals surface area contributed by atoms with Gasteiger partial charge in [-0.25, -0.2) is 13.1 Å². The lowest BCUT2D eigenvalue weighted by Crippen LogP contribution is -2.35. The molecule has 2 fully saturated rings. The third-order valence-corrected chi connectivity index (χ3v) is 5.63. The topological polar surface area (TPSA) is 67.4 Å². The van der Waals surface area contributed by atoms with E-state index in [-0.39, 0.29) is 6.04 Å². The highest BCUT2D eigenvalue weighted by Gasteiger charge is 2.25. The van der Waals surface area contributed by atoms with Gasteiger partial charge in [0.2, 0.25) is 10.0 Å². The Morgan fingerprint density at radius 1 is 1.24 bits per heavy atom. The van der Waals surface area contributed by atoms with Crippen molar-refractivity contribution in [1.82, 2.24) is 10.0 Å². The molecule has 1 aromatic rings. The zero-order valence-corrected chi connectivity index (χ0v) is 13.1. The van der Waals surface area contributed by atoms with E-state index in [1.807, 2.05) is 19.1 Å². The summed E-state index contributed by atoms with van der Waals surface area (Å²) in [5.41, 5.74) is 1.78. The van der Waals surface area contributed by atoms with Crippen LogP contribution in [0.4, 0.5) is 0 Å². The van der Waals surface area contributed by atoms with E-state index in [9.17, 15) is 8.42 Å². The summed E-state index contributed by atoms with van der Waals surface area (Å²) in [6, 6.07) is 6.15. The van der Waals surface area contributed by atoms with Crippen LogP contribution in [0, 0.1) is 6.92 Å². The Kier molecular flexibility index (Phi) is 4.31. The van der Waals surface area contributed by atoms with Crippen LogP contribution in [0.25, 0.3) is 0 Å². The molecule has 5 nitrogen and oxygen atoms in total. The first-order valence-corrected chi connectivity index (χ1v) is 8.96. The third kappa shape index (κ3) is 3.83. The van der Waals surface area contributed by atoms with Crippen molar-refractivity contribution in [2.24, 2.45) is 0 Å². The number of benzene rings is 1. The molecule has 0 radical (unpaired) electrons. The molecule has 1 aliphatic heterocycles. The number of sulfonamides is 1. The summed E-state index contributed by atoms with van der Waals surface area (Å²) in [5, 5.41) is 3.41. The molecule has 1 atom stereocenters. The maximum absolute atomic E-state index is 12.5. The van der Waals surface area contributed by atoms with E-state index in [1.165, 1.54) is 12.8 Å². The molecule has 0 spiro atoms. The van der Waals surface area contributed by atoms with Gasteiger partial charge in [0.15, 0.2) is 0 Å². The number of ether oxygens (including phenoxy) is 1. The second-order valence-corrected chi connectivity index (χ2v) is 7.62. The molecule has 1 heterocycles. The fourth-order valence-corrected chi connectivity index (χ4v) is 4.05. The number of hydrogen-bond donors (Lipinski definition) is 2. The van der Waals surface area contributed by atoms with Crippen LogP contribution in [-0.2, 0) is 21.3 Å². The van der Waals surface area contributed by atoms with E-state index in [0.717, 1.165) is 24.1 Å². The van der Waals surface area contributed by atoms with Gasteiger partial charge in [0.1, 0.15) is 0 Å². The zero-order valence-electron chi connectivity index (χ0n) is 12.3. The minimum atomic E-state index is -3.48. The van der Waals surface area contributed by atoms with Crippen molar-refractivity contribution < 1.29 is 13.2 Å². The first-order valence-electron chi connectivity index (χ1n) is 7.47. The summed E-state index contributed by atoms with van der Waals surface area (Å²) < 4.78 is 33.0. The Hall–Kier alpha value is -0.950. The van der Waals surface area contributed by atoms with Crippen molar-refractivity contribution in [3.05, 3.63) is 29.3 Å². The van der Waals surface area contributed by atoms with E-state index < -0.39 is 10.0 Å². The molecule has 0 aromatic heterocycles. The van der Waals surface area contributed by atoms with Gasteiger partial charge in [-0.05, 0) is 43.4 Å². The molecule has 1 aromatic carbocycles. The number of aryl methyl sites for hydroxylation is 1. The lowest BCUT2D eigenvalue weighted by atomic mass is 10.1. The van der Waals surface area contributed by atoms with Crippen LogP contribution >= 0.6 is 0 Å². The van der Waals surface area contributed by atoms with Crippen molar-refractivity contribution in [2.75, 3.05) is 13.2 Å². The second kappa shape index (κ2) is 6.04. The lowest BCUT2D eigenvalue weighted by Gasteiger charge is -2.14. The van der Waals surface area contributed by atoms with Gasteiger partial charge in [0.05, 0.1) is 11.5 Å². The standard InChI is InChI=1S/C15H22N2O3S/c1-11-2-3-12(9-16-13-4-5-13)8-15(11)21(18,19)17-14-6-7-20-10-14/h2-3,8,13-14,16-17H,4-7,9-10H2,1H3. The van der Waals surface area contributed by atoms with E-state index in [4.69, 9.17) is 4.74 Å². The lowest BCUT2D eigenvalue weighted by molar-refractivity contribution is 0.192. The summed E-state index contributed by atoms with van der Waals surface area (Å²) in [6.45, 7) is 3.64. The Bertz CT molecular complexity index is 605. The van der Waals surface area contributed by atoms with Crippen molar-refractivity contribution in [3.63, 3.8) is 0 Å². The molecule has 1 unspecified atom stereocenters. The predicted molar refractivity (Wildman–Crippen MR) is 80.6 cm³/mol. The summed E-state index contributed by atoms with van der Waals surface area (Å²) >= 11 is 0. The molecular weight excluding hydrogens is 288 g/mol. The smallest absolute Gasteiger partial charge is 0.241 e. The van der Waals surface area contributed by atoms with Crippen molar-refractivity contribution in [3.8, 4) is 0 Å². The van der Waals surface area contributed by atoms with Crippen molar-refractivity contribution in [2.45, 2.75) is 49.7 Å². The average Bonchev–Trinajstić information content (AvgIpc) is 3.14. The second-order valence-electron chi connectivity index (χ2n) is 5.94. The zero-order chi connectivity index (χ0) is 14.9. The van der Waals surface area contributed by atoms with Crippen LogP contribution < -0.4 is 10.0 Å². The highest BCUT2D eigenvalue weighted by atomic mass is 32.2. The van der Waals surface area contributed by atoms with Crippen LogP contribution in [0.1, 0.15) is 30.4 Å². The summed E-state index contributed by atoms with van der Waals surface area (Å²) in [6.07, 6.45) is 3.18. The monoisotopic (exact) mass is 310 g/mol. The number of nitrogens with one attached hydrogen (secondary N) is 2. The van der Waals surface area contributed by atoms with Crippen LogP contribution in [0.5, 0.6) is 0 Å². The van der Waals surface area contributed by atoms with Gasteiger partial charge in [-0.1, -0.05) is 12.1 Å². The summed E-state index contributed by atoms with van der Waals surface area (Å²) in [7, 11) is -3.48. The molecule has 3 rings (SSSR count). The predicted octanol–water partition coefficient (Wildman–Crippen LogP) is 1.31. The van der Waals surface area contributed by atoms with Gasteiger partial charge in [0.25, 0.3) is 0 Å². The molecule has 116 valence electrons. The normalized spacial score (nSPS) is 22.6.